The van der Waals surface area contributed by atoms with Crippen molar-refractivity contribution in [3.05, 3.63) is 0 Å². The van der Waals surface area contributed by atoms with Crippen LogP contribution in [0.3, 0.4) is 0 Å². The molecule has 3 amide bonds. The molecule has 102 valence electrons. The van der Waals surface area contributed by atoms with Crippen LogP contribution in [0.15, 0.2) is 0 Å². The molecule has 0 atom stereocenters. The lowest BCUT2D eigenvalue weighted by Crippen LogP contribution is -2.51. The maximum absolute atomic E-state index is 12.1. The second-order valence-corrected chi connectivity index (χ2v) is 6.81. The molecule has 0 unspecified atom stereocenters. The van der Waals surface area contributed by atoms with Crippen molar-refractivity contribution in [1.82, 2.24) is 10.2 Å². The maximum atomic E-state index is 12.1. The lowest BCUT2D eigenvalue weighted by molar-refractivity contribution is -0.128. The van der Waals surface area contributed by atoms with Crippen molar-refractivity contribution in [1.29, 1.82) is 0 Å². The van der Waals surface area contributed by atoms with E-state index < -0.39 is 5.54 Å². The Morgan fingerprint density at radius 3 is 2.33 bits per heavy atom. The number of hydrogen-bond donors (Lipinski definition) is 1. The topological polar surface area (TPSA) is 49.4 Å². The van der Waals surface area contributed by atoms with Gasteiger partial charge in [-0.2, -0.15) is 0 Å². The molecule has 1 saturated carbocycles. The summed E-state index contributed by atoms with van der Waals surface area (Å²) in [5, 5.41) is 2.51. The van der Waals surface area contributed by atoms with Crippen LogP contribution >= 0.6 is 0 Å². The van der Waals surface area contributed by atoms with E-state index in [1.807, 2.05) is 0 Å². The number of hydrogen-bond acceptors (Lipinski definition) is 2. The van der Waals surface area contributed by atoms with Crippen molar-refractivity contribution >= 4 is 11.9 Å². The van der Waals surface area contributed by atoms with Crippen molar-refractivity contribution in [2.24, 2.45) is 5.41 Å². The minimum Gasteiger partial charge on any atom is -0.310 e. The fraction of sp³-hybridized carbons (Fsp3) is 0.857. The summed E-state index contributed by atoms with van der Waals surface area (Å²) < 4.78 is 0. The highest BCUT2D eigenvalue weighted by molar-refractivity contribution is 6.07. The van der Waals surface area contributed by atoms with E-state index in [0.29, 0.717) is 6.54 Å². The summed E-state index contributed by atoms with van der Waals surface area (Å²) in [5.74, 6) is -0.0684. The average molecular weight is 252 g/mol. The van der Waals surface area contributed by atoms with Gasteiger partial charge in [0, 0.05) is 6.54 Å². The molecule has 2 fully saturated rings. The average Bonchev–Trinajstić information content (AvgIpc) is 2.49. The van der Waals surface area contributed by atoms with Crippen LogP contribution in [0.1, 0.15) is 59.3 Å². The minimum absolute atomic E-state index is 0.0684. The normalized spacial score (nSPS) is 23.6. The van der Waals surface area contributed by atoms with Gasteiger partial charge in [-0.1, -0.05) is 40.0 Å². The SMILES string of the molecule is CC(C)(C)CCN1C(=O)NC(=O)C12CCCCC2. The fourth-order valence-corrected chi connectivity index (χ4v) is 2.99. The Morgan fingerprint density at radius 1 is 1.17 bits per heavy atom. The Bertz CT molecular complexity index is 351. The van der Waals surface area contributed by atoms with Crippen molar-refractivity contribution in [3.63, 3.8) is 0 Å². The number of imide groups is 1. The molecule has 1 spiro atoms. The Hall–Kier alpha value is -1.06. The molecule has 0 radical (unpaired) electrons. The number of carbonyl (C=O) groups is 2. The zero-order valence-corrected chi connectivity index (χ0v) is 11.7. The second-order valence-electron chi connectivity index (χ2n) is 6.81. The Kier molecular flexibility index (Phi) is 3.39. The zero-order valence-electron chi connectivity index (χ0n) is 11.7. The van der Waals surface area contributed by atoms with Gasteiger partial charge in [0.05, 0.1) is 0 Å². The first-order valence-electron chi connectivity index (χ1n) is 6.98. The number of urea groups is 1. The number of amides is 3. The van der Waals surface area contributed by atoms with Gasteiger partial charge in [-0.05, 0) is 24.7 Å². The first kappa shape index (κ1) is 13.4. The Morgan fingerprint density at radius 2 is 1.78 bits per heavy atom. The summed E-state index contributed by atoms with van der Waals surface area (Å²) in [4.78, 5) is 25.9. The van der Waals surface area contributed by atoms with Gasteiger partial charge in [0.25, 0.3) is 5.91 Å². The summed E-state index contributed by atoms with van der Waals surface area (Å²) in [5.41, 5.74) is -0.345. The van der Waals surface area contributed by atoms with Gasteiger partial charge in [0.2, 0.25) is 0 Å². The highest BCUT2D eigenvalue weighted by Crippen LogP contribution is 2.37. The first-order valence-corrected chi connectivity index (χ1v) is 6.98. The number of nitrogens with one attached hydrogen (secondary N) is 1. The minimum atomic E-state index is -0.527. The third kappa shape index (κ3) is 2.38. The molecular weight excluding hydrogens is 228 g/mol. The van der Waals surface area contributed by atoms with Gasteiger partial charge in [-0.25, -0.2) is 4.79 Å². The number of carbonyl (C=O) groups excluding carboxylic acids is 2. The molecule has 4 nitrogen and oxygen atoms in total. The molecule has 2 rings (SSSR count). The second kappa shape index (κ2) is 4.56. The molecular formula is C14H24N2O2. The molecule has 1 saturated heterocycles. The molecule has 0 aromatic rings. The van der Waals surface area contributed by atoms with E-state index in [9.17, 15) is 9.59 Å². The van der Waals surface area contributed by atoms with Gasteiger partial charge >= 0.3 is 6.03 Å². The smallest absolute Gasteiger partial charge is 0.310 e. The van der Waals surface area contributed by atoms with Crippen LogP contribution < -0.4 is 5.32 Å². The van der Waals surface area contributed by atoms with E-state index >= 15 is 0 Å². The maximum Gasteiger partial charge on any atom is 0.325 e. The lowest BCUT2D eigenvalue weighted by Gasteiger charge is -2.39. The first-order chi connectivity index (χ1) is 8.35. The van der Waals surface area contributed by atoms with Gasteiger partial charge in [-0.15, -0.1) is 0 Å². The fourth-order valence-electron chi connectivity index (χ4n) is 2.99. The summed E-state index contributed by atoms with van der Waals surface area (Å²) in [6, 6.07) is -0.189. The van der Waals surface area contributed by atoms with Crippen LogP contribution in [0.4, 0.5) is 4.79 Å². The summed E-state index contributed by atoms with van der Waals surface area (Å²) in [6.45, 7) is 7.17. The monoisotopic (exact) mass is 252 g/mol. The highest BCUT2D eigenvalue weighted by Gasteiger charge is 2.52. The van der Waals surface area contributed by atoms with Gasteiger partial charge in [-0.3, -0.25) is 10.1 Å². The predicted molar refractivity (Wildman–Crippen MR) is 70.1 cm³/mol. The molecule has 1 aliphatic heterocycles. The summed E-state index contributed by atoms with van der Waals surface area (Å²) in [7, 11) is 0. The molecule has 2 aliphatic rings. The Balaban J connectivity index is 2.14. The molecule has 4 heteroatoms. The zero-order chi connectivity index (χ0) is 13.4. The van der Waals surface area contributed by atoms with Crippen molar-refractivity contribution in [2.45, 2.75) is 64.8 Å². The van der Waals surface area contributed by atoms with Crippen molar-refractivity contribution < 1.29 is 9.59 Å². The largest absolute Gasteiger partial charge is 0.325 e. The standard InChI is InChI=1S/C14H24N2O2/c1-13(2,3)9-10-16-12(18)15-11(17)14(16)7-5-4-6-8-14/h4-10H2,1-3H3,(H,15,17,18). The van der Waals surface area contributed by atoms with Crippen LogP contribution in [0.25, 0.3) is 0 Å². The lowest BCUT2D eigenvalue weighted by atomic mass is 9.80. The molecule has 1 heterocycles. The highest BCUT2D eigenvalue weighted by atomic mass is 16.2. The Labute approximate surface area is 109 Å². The molecule has 0 aromatic heterocycles. The third-order valence-corrected chi connectivity index (χ3v) is 4.17. The van der Waals surface area contributed by atoms with Crippen molar-refractivity contribution in [3.8, 4) is 0 Å². The molecule has 1 N–H and O–H groups in total. The molecule has 0 aromatic carbocycles. The van der Waals surface area contributed by atoms with Crippen LogP contribution in [-0.2, 0) is 4.79 Å². The van der Waals surface area contributed by atoms with E-state index in [1.165, 1.54) is 6.42 Å². The van der Waals surface area contributed by atoms with Crippen LogP contribution in [0.5, 0.6) is 0 Å². The molecule has 18 heavy (non-hydrogen) atoms. The van der Waals surface area contributed by atoms with E-state index in [-0.39, 0.29) is 17.4 Å². The molecule has 0 bridgehead atoms. The molecule has 1 aliphatic carbocycles. The predicted octanol–water partition coefficient (Wildman–Crippen LogP) is 2.68. The number of rotatable bonds is 2. The summed E-state index contributed by atoms with van der Waals surface area (Å²) >= 11 is 0. The van der Waals surface area contributed by atoms with Crippen LogP contribution in [0.2, 0.25) is 0 Å². The van der Waals surface area contributed by atoms with E-state index in [4.69, 9.17) is 0 Å². The van der Waals surface area contributed by atoms with Crippen molar-refractivity contribution in [2.75, 3.05) is 6.54 Å². The number of nitrogens with zero attached hydrogens (tertiary/aromatic N) is 1. The van der Waals surface area contributed by atoms with Crippen LogP contribution in [-0.4, -0.2) is 28.9 Å². The van der Waals surface area contributed by atoms with Gasteiger partial charge < -0.3 is 4.90 Å². The van der Waals surface area contributed by atoms with Gasteiger partial charge in [0.15, 0.2) is 0 Å². The van der Waals surface area contributed by atoms with Gasteiger partial charge in [0.1, 0.15) is 5.54 Å². The van der Waals surface area contributed by atoms with E-state index in [0.717, 1.165) is 32.1 Å². The quantitative estimate of drug-likeness (QED) is 0.768. The van der Waals surface area contributed by atoms with E-state index in [1.54, 1.807) is 4.90 Å². The van der Waals surface area contributed by atoms with Crippen LogP contribution in [0, 0.1) is 5.41 Å². The third-order valence-electron chi connectivity index (χ3n) is 4.17. The van der Waals surface area contributed by atoms with E-state index in [2.05, 4.69) is 26.1 Å². The summed E-state index contributed by atoms with van der Waals surface area (Å²) in [6.07, 6.45) is 5.86.